The molecule has 0 unspecified atom stereocenters. The molecule has 0 bridgehead atoms. The van der Waals surface area contributed by atoms with Crippen LogP contribution in [0.5, 0.6) is 0 Å². The molecule has 4 nitrogen and oxygen atoms in total. The summed E-state index contributed by atoms with van der Waals surface area (Å²) in [6.45, 7) is 0. The smallest absolute Gasteiger partial charge is 0.322 e. The molecule has 0 fully saturated rings. The first-order chi connectivity index (χ1) is 18.4. The molecule has 4 rings (SSSR count). The number of carbonyl (C=O) groups excluding carboxylic acids is 2. The molecule has 2 amide bonds. The summed E-state index contributed by atoms with van der Waals surface area (Å²) in [5.74, 6) is -1.78. The first-order valence-electron chi connectivity index (χ1n) is 11.5. The fourth-order valence-electron chi connectivity index (χ4n) is 4.22. The minimum atomic E-state index is -5.89. The molecule has 39 heavy (non-hydrogen) atoms. The molecular formula is C29H20F6N2O2. The molecule has 0 heterocycles. The zero-order chi connectivity index (χ0) is 28.3. The standard InChI is InChI=1S/C29H20F6N2O2/c30-28(31,32)27(29(33,34)35,21-11-7-9-19(17-21)25(38)36-23-13-3-1-4-14-23)22-12-8-10-20(18-22)26(39)37-24-15-5-2-6-16-24/h1-18H,(H,36,38)(H,37,39). The van der Waals surface area contributed by atoms with Crippen molar-refractivity contribution in [1.29, 1.82) is 0 Å². The van der Waals surface area contributed by atoms with Gasteiger partial charge in [0, 0.05) is 22.5 Å². The van der Waals surface area contributed by atoms with Crippen LogP contribution in [-0.4, -0.2) is 24.2 Å². The summed E-state index contributed by atoms with van der Waals surface area (Å²) in [7, 11) is 0. The van der Waals surface area contributed by atoms with Crippen molar-refractivity contribution in [3.05, 3.63) is 131 Å². The number of amides is 2. The van der Waals surface area contributed by atoms with E-state index < -0.39 is 51.8 Å². The fourth-order valence-corrected chi connectivity index (χ4v) is 4.22. The summed E-state index contributed by atoms with van der Waals surface area (Å²) in [4.78, 5) is 25.4. The largest absolute Gasteiger partial charge is 0.411 e. The summed E-state index contributed by atoms with van der Waals surface area (Å²) in [5, 5.41) is 4.89. The van der Waals surface area contributed by atoms with Gasteiger partial charge in [-0.3, -0.25) is 9.59 Å². The predicted octanol–water partition coefficient (Wildman–Crippen LogP) is 7.60. The van der Waals surface area contributed by atoms with Gasteiger partial charge in [-0.1, -0.05) is 60.7 Å². The van der Waals surface area contributed by atoms with Crippen LogP contribution in [0.4, 0.5) is 37.7 Å². The zero-order valence-corrected chi connectivity index (χ0v) is 20.0. The van der Waals surface area contributed by atoms with Gasteiger partial charge in [0.25, 0.3) is 11.8 Å². The van der Waals surface area contributed by atoms with E-state index in [0.717, 1.165) is 24.3 Å². The molecule has 0 aliphatic heterocycles. The van der Waals surface area contributed by atoms with Gasteiger partial charge in [-0.25, -0.2) is 0 Å². The van der Waals surface area contributed by atoms with Crippen molar-refractivity contribution in [2.24, 2.45) is 0 Å². The second kappa shape index (κ2) is 10.6. The van der Waals surface area contributed by atoms with Crippen LogP contribution in [0, 0.1) is 0 Å². The number of halogens is 6. The third-order valence-electron chi connectivity index (χ3n) is 6.03. The van der Waals surface area contributed by atoms with Gasteiger partial charge in [0.2, 0.25) is 5.41 Å². The van der Waals surface area contributed by atoms with Gasteiger partial charge < -0.3 is 10.6 Å². The zero-order valence-electron chi connectivity index (χ0n) is 20.0. The molecular weight excluding hydrogens is 522 g/mol. The van der Waals surface area contributed by atoms with E-state index >= 15 is 0 Å². The van der Waals surface area contributed by atoms with E-state index in [-0.39, 0.29) is 0 Å². The molecule has 4 aromatic rings. The van der Waals surface area contributed by atoms with Gasteiger partial charge in [-0.2, -0.15) is 26.3 Å². The second-order valence-electron chi connectivity index (χ2n) is 8.55. The SMILES string of the molecule is O=C(Nc1ccccc1)c1cccc(C(c2cccc(C(=O)Nc3ccccc3)c2)(C(F)(F)F)C(F)(F)F)c1. The maximum atomic E-state index is 14.7. The number of rotatable bonds is 6. The van der Waals surface area contributed by atoms with Crippen LogP contribution in [0.25, 0.3) is 0 Å². The molecule has 200 valence electrons. The maximum absolute atomic E-state index is 14.7. The first-order valence-corrected chi connectivity index (χ1v) is 11.5. The first kappa shape index (κ1) is 27.4. The minimum Gasteiger partial charge on any atom is -0.322 e. The number of benzene rings is 4. The van der Waals surface area contributed by atoms with E-state index in [9.17, 15) is 35.9 Å². The van der Waals surface area contributed by atoms with Gasteiger partial charge in [0.05, 0.1) is 0 Å². The quantitative estimate of drug-likeness (QED) is 0.247. The Morgan fingerprint density at radius 1 is 0.487 bits per heavy atom. The monoisotopic (exact) mass is 542 g/mol. The average molecular weight is 542 g/mol. The van der Waals surface area contributed by atoms with Gasteiger partial charge >= 0.3 is 12.4 Å². The minimum absolute atomic E-state index is 0.308. The number of nitrogens with one attached hydrogen (secondary N) is 2. The number of para-hydroxylation sites is 2. The number of carbonyl (C=O) groups is 2. The van der Waals surface area contributed by atoms with Gasteiger partial charge in [0.15, 0.2) is 0 Å². The molecule has 0 saturated carbocycles. The van der Waals surface area contributed by atoms with Crippen molar-refractivity contribution in [1.82, 2.24) is 0 Å². The third-order valence-corrected chi connectivity index (χ3v) is 6.03. The highest BCUT2D eigenvalue weighted by atomic mass is 19.4. The molecule has 10 heteroatoms. The lowest BCUT2D eigenvalue weighted by molar-refractivity contribution is -0.288. The van der Waals surface area contributed by atoms with Gasteiger partial charge in [0.1, 0.15) is 0 Å². The van der Waals surface area contributed by atoms with Crippen molar-refractivity contribution in [3.8, 4) is 0 Å². The van der Waals surface area contributed by atoms with Crippen molar-refractivity contribution in [3.63, 3.8) is 0 Å². The fraction of sp³-hybridized carbons (Fsp3) is 0.103. The molecule has 0 radical (unpaired) electrons. The van der Waals surface area contributed by atoms with Gasteiger partial charge in [-0.15, -0.1) is 0 Å². The summed E-state index contributed by atoms with van der Waals surface area (Å²) in [6, 6.07) is 22.4. The highest BCUT2D eigenvalue weighted by Crippen LogP contribution is 2.56. The van der Waals surface area contributed by atoms with Crippen molar-refractivity contribution in [2.45, 2.75) is 17.8 Å². The van der Waals surface area contributed by atoms with E-state index in [0.29, 0.717) is 35.6 Å². The highest BCUT2D eigenvalue weighted by Gasteiger charge is 2.72. The molecule has 0 aromatic heterocycles. The van der Waals surface area contributed by atoms with E-state index in [1.54, 1.807) is 36.4 Å². The van der Waals surface area contributed by atoms with Gasteiger partial charge in [-0.05, 0) is 59.7 Å². The Morgan fingerprint density at radius 2 is 0.846 bits per heavy atom. The van der Waals surface area contributed by atoms with Crippen LogP contribution >= 0.6 is 0 Å². The molecule has 0 spiro atoms. The van der Waals surface area contributed by atoms with E-state index in [4.69, 9.17) is 0 Å². The summed E-state index contributed by atoms with van der Waals surface area (Å²) in [5.41, 5.74) is -7.18. The predicted molar refractivity (Wildman–Crippen MR) is 135 cm³/mol. The van der Waals surface area contributed by atoms with Crippen LogP contribution < -0.4 is 10.6 Å². The number of anilines is 2. The molecule has 0 aliphatic carbocycles. The Hall–Kier alpha value is -4.60. The van der Waals surface area contributed by atoms with Crippen LogP contribution in [0.2, 0.25) is 0 Å². The summed E-state index contributed by atoms with van der Waals surface area (Å²) >= 11 is 0. The van der Waals surface area contributed by atoms with Crippen LogP contribution in [0.15, 0.2) is 109 Å². The third kappa shape index (κ3) is 5.50. The number of hydrogen-bond acceptors (Lipinski definition) is 2. The Kier molecular flexibility index (Phi) is 7.49. The maximum Gasteiger partial charge on any atom is 0.411 e. The molecule has 2 N–H and O–H groups in total. The van der Waals surface area contributed by atoms with Crippen LogP contribution in [0.3, 0.4) is 0 Å². The van der Waals surface area contributed by atoms with Crippen molar-refractivity contribution < 1.29 is 35.9 Å². The Balaban J connectivity index is 1.82. The Morgan fingerprint density at radius 3 is 1.18 bits per heavy atom. The van der Waals surface area contributed by atoms with Crippen molar-refractivity contribution in [2.75, 3.05) is 10.6 Å². The lowest BCUT2D eigenvalue weighted by atomic mass is 9.72. The lowest BCUT2D eigenvalue weighted by Gasteiger charge is -2.38. The lowest BCUT2D eigenvalue weighted by Crippen LogP contribution is -2.55. The Labute approximate surface area is 219 Å². The molecule has 0 atom stereocenters. The normalized spacial score (nSPS) is 12.1. The molecule has 0 aliphatic rings. The summed E-state index contributed by atoms with van der Waals surface area (Å²) in [6.07, 6.45) is -11.8. The van der Waals surface area contributed by atoms with Crippen LogP contribution in [-0.2, 0) is 5.41 Å². The van der Waals surface area contributed by atoms with E-state index in [1.165, 1.54) is 24.3 Å². The van der Waals surface area contributed by atoms with E-state index in [1.807, 2.05) is 0 Å². The second-order valence-corrected chi connectivity index (χ2v) is 8.55. The summed E-state index contributed by atoms with van der Waals surface area (Å²) < 4.78 is 88.1. The van der Waals surface area contributed by atoms with E-state index in [2.05, 4.69) is 10.6 Å². The topological polar surface area (TPSA) is 58.2 Å². The van der Waals surface area contributed by atoms with Crippen LogP contribution in [0.1, 0.15) is 31.8 Å². The molecule has 4 aromatic carbocycles. The molecule has 0 saturated heterocycles. The number of hydrogen-bond donors (Lipinski definition) is 2. The Bertz CT molecular complexity index is 1360. The van der Waals surface area contributed by atoms with Crippen molar-refractivity contribution >= 4 is 23.2 Å². The highest BCUT2D eigenvalue weighted by molar-refractivity contribution is 6.05. The number of alkyl halides is 6. The average Bonchev–Trinajstić information content (AvgIpc) is 2.89.